The minimum absolute atomic E-state index is 0.507. The maximum Gasteiger partial charge on any atom is 0.126 e. The Hall–Kier alpha value is -1.91. The molecule has 3 aromatic rings. The molecule has 1 aromatic carbocycles. The topological polar surface area (TPSA) is 37.0 Å². The highest BCUT2D eigenvalue weighted by molar-refractivity contribution is 7.07. The molecule has 1 aliphatic rings. The predicted octanol–water partition coefficient (Wildman–Crippen LogP) is 4.81. The van der Waals surface area contributed by atoms with Crippen molar-refractivity contribution < 1.29 is 0 Å². The first-order chi connectivity index (χ1) is 11.9. The fourth-order valence-electron chi connectivity index (χ4n) is 3.52. The molecule has 1 fully saturated rings. The van der Waals surface area contributed by atoms with Crippen molar-refractivity contribution in [2.24, 2.45) is 0 Å². The number of fused-ring (bicyclic) bond motifs is 1. The zero-order chi connectivity index (χ0) is 16.2. The van der Waals surface area contributed by atoms with Gasteiger partial charge in [0.25, 0.3) is 0 Å². The molecule has 124 valence electrons. The van der Waals surface area contributed by atoms with E-state index in [2.05, 4.69) is 57.8 Å². The summed E-state index contributed by atoms with van der Waals surface area (Å²) in [6, 6.07) is 15.8. The summed E-state index contributed by atoms with van der Waals surface area (Å²) in [6.07, 6.45) is 4.93. The maximum absolute atomic E-state index is 4.75. The number of hydrogen-bond donors (Lipinski definition) is 2. The van der Waals surface area contributed by atoms with E-state index in [1.165, 1.54) is 36.6 Å². The van der Waals surface area contributed by atoms with Gasteiger partial charge in [-0.15, -0.1) is 0 Å². The van der Waals surface area contributed by atoms with Crippen LogP contribution in [0.4, 0.5) is 5.82 Å². The summed E-state index contributed by atoms with van der Waals surface area (Å²) in [5, 5.41) is 12.9. The van der Waals surface area contributed by atoms with E-state index in [9.17, 15) is 0 Å². The number of anilines is 1. The molecule has 0 spiro atoms. The van der Waals surface area contributed by atoms with Crippen LogP contribution in [0.25, 0.3) is 10.9 Å². The first-order valence-corrected chi connectivity index (χ1v) is 9.68. The number of para-hydroxylation sites is 1. The molecular weight excluding hydrogens is 314 g/mol. The van der Waals surface area contributed by atoms with Crippen molar-refractivity contribution in [1.82, 2.24) is 10.3 Å². The Labute approximate surface area is 147 Å². The molecule has 1 aliphatic carbocycles. The molecule has 3 nitrogen and oxygen atoms in total. The Morgan fingerprint density at radius 2 is 1.96 bits per heavy atom. The number of thiophene rings is 1. The Morgan fingerprint density at radius 3 is 2.88 bits per heavy atom. The number of aromatic nitrogens is 1. The maximum atomic E-state index is 4.75. The highest BCUT2D eigenvalue weighted by Crippen LogP contribution is 2.23. The molecule has 4 rings (SSSR count). The number of hydrogen-bond acceptors (Lipinski definition) is 4. The van der Waals surface area contributed by atoms with Crippen molar-refractivity contribution in [2.75, 3.05) is 5.32 Å². The number of nitrogens with one attached hydrogen (secondary N) is 2. The van der Waals surface area contributed by atoms with E-state index in [4.69, 9.17) is 4.98 Å². The minimum Gasteiger partial charge on any atom is -0.367 e. The molecule has 0 bridgehead atoms. The molecule has 0 radical (unpaired) electrons. The summed E-state index contributed by atoms with van der Waals surface area (Å²) in [4.78, 5) is 4.75. The monoisotopic (exact) mass is 337 g/mol. The lowest BCUT2D eigenvalue weighted by molar-refractivity contribution is 0.350. The van der Waals surface area contributed by atoms with Crippen LogP contribution in [-0.2, 0) is 6.54 Å². The minimum atomic E-state index is 0.507. The second-order valence-electron chi connectivity index (χ2n) is 6.61. The number of rotatable bonds is 5. The summed E-state index contributed by atoms with van der Waals surface area (Å²) >= 11 is 1.77. The molecule has 2 aromatic heterocycles. The SMILES string of the molecule is c1ccc2nc(NC3CCCC(NCc4ccsc4)C3)ccc2c1. The Bertz CT molecular complexity index is 784. The molecule has 4 heteroatoms. The van der Waals surface area contributed by atoms with Crippen molar-refractivity contribution in [1.29, 1.82) is 0 Å². The van der Waals surface area contributed by atoms with E-state index in [0.717, 1.165) is 17.9 Å². The molecular formula is C20H23N3S. The summed E-state index contributed by atoms with van der Waals surface area (Å²) in [5.41, 5.74) is 2.46. The van der Waals surface area contributed by atoms with Crippen molar-refractivity contribution in [3.63, 3.8) is 0 Å². The second kappa shape index (κ2) is 7.32. The standard InChI is InChI=1S/C20H23N3S/c1-2-7-19-16(4-1)8-9-20(23-19)22-18-6-3-5-17(12-18)21-13-15-10-11-24-14-15/h1-2,4,7-11,14,17-18,21H,3,5-6,12-13H2,(H,22,23). The molecule has 1 saturated carbocycles. The van der Waals surface area contributed by atoms with E-state index in [0.29, 0.717) is 12.1 Å². The molecule has 24 heavy (non-hydrogen) atoms. The number of benzene rings is 1. The summed E-state index contributed by atoms with van der Waals surface area (Å²) in [6.45, 7) is 0.981. The van der Waals surface area contributed by atoms with Gasteiger partial charge in [-0.1, -0.05) is 18.2 Å². The van der Waals surface area contributed by atoms with Crippen LogP contribution < -0.4 is 10.6 Å². The van der Waals surface area contributed by atoms with Crippen molar-refractivity contribution >= 4 is 28.1 Å². The van der Waals surface area contributed by atoms with Gasteiger partial charge in [0.2, 0.25) is 0 Å². The lowest BCUT2D eigenvalue weighted by atomic mass is 9.91. The Kier molecular flexibility index (Phi) is 4.76. The molecule has 2 unspecified atom stereocenters. The van der Waals surface area contributed by atoms with E-state index < -0.39 is 0 Å². The van der Waals surface area contributed by atoms with Gasteiger partial charge in [-0.3, -0.25) is 0 Å². The van der Waals surface area contributed by atoms with Gasteiger partial charge in [-0.25, -0.2) is 4.98 Å². The Balaban J connectivity index is 1.36. The third-order valence-corrected chi connectivity index (χ3v) is 5.53. The van der Waals surface area contributed by atoms with Crippen molar-refractivity contribution in [3.8, 4) is 0 Å². The number of pyridine rings is 1. The normalized spacial score (nSPS) is 21.0. The van der Waals surface area contributed by atoms with Gasteiger partial charge < -0.3 is 10.6 Å². The lowest BCUT2D eigenvalue weighted by Crippen LogP contribution is -2.38. The van der Waals surface area contributed by atoms with Crippen LogP contribution in [0.5, 0.6) is 0 Å². The number of nitrogens with zero attached hydrogens (tertiary/aromatic N) is 1. The van der Waals surface area contributed by atoms with Gasteiger partial charge in [0.1, 0.15) is 5.82 Å². The summed E-state index contributed by atoms with van der Waals surface area (Å²) in [5.74, 6) is 0.997. The van der Waals surface area contributed by atoms with Gasteiger partial charge >= 0.3 is 0 Å². The van der Waals surface area contributed by atoms with Gasteiger partial charge in [0, 0.05) is 24.0 Å². The third-order valence-electron chi connectivity index (χ3n) is 4.80. The van der Waals surface area contributed by atoms with Gasteiger partial charge in [0.15, 0.2) is 0 Å². The van der Waals surface area contributed by atoms with E-state index >= 15 is 0 Å². The fraction of sp³-hybridized carbons (Fsp3) is 0.350. The first-order valence-electron chi connectivity index (χ1n) is 8.73. The van der Waals surface area contributed by atoms with Crippen molar-refractivity contribution in [2.45, 2.75) is 44.3 Å². The fourth-order valence-corrected chi connectivity index (χ4v) is 4.19. The highest BCUT2D eigenvalue weighted by atomic mass is 32.1. The van der Waals surface area contributed by atoms with Crippen LogP contribution in [0, 0.1) is 0 Å². The Morgan fingerprint density at radius 1 is 1.04 bits per heavy atom. The van der Waals surface area contributed by atoms with Crippen LogP contribution in [0.1, 0.15) is 31.2 Å². The van der Waals surface area contributed by atoms with Gasteiger partial charge in [-0.05, 0) is 66.3 Å². The molecule has 0 aliphatic heterocycles. The van der Waals surface area contributed by atoms with Crippen LogP contribution in [0.2, 0.25) is 0 Å². The zero-order valence-corrected chi connectivity index (χ0v) is 14.6. The average molecular weight is 337 g/mol. The summed E-state index contributed by atoms with van der Waals surface area (Å²) in [7, 11) is 0. The predicted molar refractivity (Wildman–Crippen MR) is 103 cm³/mol. The lowest BCUT2D eigenvalue weighted by Gasteiger charge is -2.30. The second-order valence-corrected chi connectivity index (χ2v) is 7.39. The van der Waals surface area contributed by atoms with Gasteiger partial charge in [-0.2, -0.15) is 11.3 Å². The van der Waals surface area contributed by atoms with E-state index in [-0.39, 0.29) is 0 Å². The van der Waals surface area contributed by atoms with Crippen LogP contribution in [0.3, 0.4) is 0 Å². The summed E-state index contributed by atoms with van der Waals surface area (Å²) < 4.78 is 0. The quantitative estimate of drug-likeness (QED) is 0.701. The molecule has 2 atom stereocenters. The zero-order valence-electron chi connectivity index (χ0n) is 13.7. The van der Waals surface area contributed by atoms with Crippen LogP contribution in [-0.4, -0.2) is 17.1 Å². The highest BCUT2D eigenvalue weighted by Gasteiger charge is 2.21. The smallest absolute Gasteiger partial charge is 0.126 e. The molecule has 2 N–H and O–H groups in total. The first kappa shape index (κ1) is 15.6. The molecule has 0 saturated heterocycles. The molecule has 0 amide bonds. The largest absolute Gasteiger partial charge is 0.367 e. The van der Waals surface area contributed by atoms with Crippen LogP contribution in [0.15, 0.2) is 53.2 Å². The van der Waals surface area contributed by atoms with Crippen molar-refractivity contribution in [3.05, 3.63) is 58.8 Å². The molecule has 2 heterocycles. The van der Waals surface area contributed by atoms with E-state index in [1.807, 2.05) is 6.07 Å². The van der Waals surface area contributed by atoms with Gasteiger partial charge in [0.05, 0.1) is 5.52 Å². The third kappa shape index (κ3) is 3.77. The average Bonchev–Trinajstić information content (AvgIpc) is 3.14. The van der Waals surface area contributed by atoms with Crippen LogP contribution >= 0.6 is 11.3 Å². The van der Waals surface area contributed by atoms with E-state index in [1.54, 1.807) is 11.3 Å².